The molecule has 0 aliphatic carbocycles. The average molecular weight is 274 g/mol. The van der Waals surface area contributed by atoms with Gasteiger partial charge in [0.25, 0.3) is 6.43 Å². The second kappa shape index (κ2) is 5.24. The number of hydrogen-bond donors (Lipinski definition) is 2. The van der Waals surface area contributed by atoms with Crippen LogP contribution in [-0.4, -0.2) is 15.0 Å². The Bertz CT molecular complexity index is 691. The largest absolute Gasteiger partial charge is 0.352 e. The highest BCUT2D eigenvalue weighted by Crippen LogP contribution is 2.22. The molecule has 20 heavy (non-hydrogen) atoms. The minimum atomic E-state index is -2.53. The molecule has 2 N–H and O–H groups in total. The number of fused-ring (bicyclic) bond motifs is 1. The summed E-state index contributed by atoms with van der Waals surface area (Å²) in [6.07, 6.45) is 0.165. The molecule has 0 saturated heterocycles. The molecule has 3 aromatic rings. The molecule has 3 rings (SSSR count). The van der Waals surface area contributed by atoms with E-state index in [1.54, 1.807) is 6.07 Å². The van der Waals surface area contributed by atoms with Crippen molar-refractivity contribution >= 4 is 17.0 Å². The molecule has 0 atom stereocenters. The van der Waals surface area contributed by atoms with Crippen LogP contribution in [0.1, 0.15) is 17.6 Å². The maximum Gasteiger partial charge on any atom is 0.265 e. The van der Waals surface area contributed by atoms with E-state index in [4.69, 9.17) is 0 Å². The number of aromatic nitrogens is 3. The molecule has 0 bridgehead atoms. The number of halogens is 2. The lowest BCUT2D eigenvalue weighted by Gasteiger charge is -2.08. The standard InChI is InChI=1S/C14H12F2N4/c15-13(16)10-8-17-6-5-9(10)7-18-14-19-11-3-1-2-4-12(11)20-14/h1-6,8,13H,7H2,(H2,18,19,20). The Kier molecular flexibility index (Phi) is 3.28. The van der Waals surface area contributed by atoms with Gasteiger partial charge in [-0.25, -0.2) is 13.8 Å². The number of rotatable bonds is 4. The fourth-order valence-corrected chi connectivity index (χ4v) is 2.01. The number of nitrogens with one attached hydrogen (secondary N) is 2. The number of anilines is 1. The molecule has 0 saturated carbocycles. The normalized spacial score (nSPS) is 11.2. The summed E-state index contributed by atoms with van der Waals surface area (Å²) in [5, 5.41) is 3.02. The van der Waals surface area contributed by atoms with Gasteiger partial charge in [0.1, 0.15) is 0 Å². The Hall–Kier alpha value is -2.50. The SMILES string of the molecule is FC(F)c1cnccc1CNc1nc2ccccc2[nH]1. The first-order valence-electron chi connectivity index (χ1n) is 6.13. The van der Waals surface area contributed by atoms with Crippen LogP contribution in [0.5, 0.6) is 0 Å². The molecular formula is C14H12F2N4. The molecule has 0 unspecified atom stereocenters. The number of nitrogens with zero attached hydrogens (tertiary/aromatic N) is 2. The summed E-state index contributed by atoms with van der Waals surface area (Å²) in [5.74, 6) is 0.559. The van der Waals surface area contributed by atoms with Crippen molar-refractivity contribution < 1.29 is 8.78 Å². The van der Waals surface area contributed by atoms with Crippen LogP contribution in [0.2, 0.25) is 0 Å². The molecule has 4 nitrogen and oxygen atoms in total. The van der Waals surface area contributed by atoms with Crippen molar-refractivity contribution in [2.24, 2.45) is 0 Å². The molecule has 6 heteroatoms. The van der Waals surface area contributed by atoms with E-state index in [0.717, 1.165) is 11.0 Å². The predicted octanol–water partition coefficient (Wildman–Crippen LogP) is 3.51. The third-order valence-corrected chi connectivity index (χ3v) is 3.02. The molecule has 0 radical (unpaired) electrons. The first kappa shape index (κ1) is 12.5. The third kappa shape index (κ3) is 2.45. The summed E-state index contributed by atoms with van der Waals surface area (Å²) in [6, 6.07) is 9.17. The monoisotopic (exact) mass is 274 g/mol. The minimum Gasteiger partial charge on any atom is -0.352 e. The lowest BCUT2D eigenvalue weighted by molar-refractivity contribution is 0.150. The van der Waals surface area contributed by atoms with Gasteiger partial charge in [-0.2, -0.15) is 0 Å². The van der Waals surface area contributed by atoms with Crippen molar-refractivity contribution in [2.75, 3.05) is 5.32 Å². The van der Waals surface area contributed by atoms with E-state index in [9.17, 15) is 8.78 Å². The molecule has 2 aromatic heterocycles. The Balaban J connectivity index is 1.79. The molecular weight excluding hydrogens is 262 g/mol. The van der Waals surface area contributed by atoms with E-state index in [0.29, 0.717) is 11.5 Å². The zero-order valence-corrected chi connectivity index (χ0v) is 10.5. The van der Waals surface area contributed by atoms with Crippen LogP contribution in [0, 0.1) is 0 Å². The zero-order valence-electron chi connectivity index (χ0n) is 10.5. The lowest BCUT2D eigenvalue weighted by Crippen LogP contribution is -2.04. The van der Waals surface area contributed by atoms with Gasteiger partial charge in [0.15, 0.2) is 0 Å². The number of H-pyrrole nitrogens is 1. The zero-order chi connectivity index (χ0) is 13.9. The van der Waals surface area contributed by atoms with Crippen LogP contribution in [0.25, 0.3) is 11.0 Å². The van der Waals surface area contributed by atoms with Gasteiger partial charge in [0.05, 0.1) is 11.0 Å². The Morgan fingerprint density at radius 3 is 2.85 bits per heavy atom. The average Bonchev–Trinajstić information content (AvgIpc) is 2.88. The summed E-state index contributed by atoms with van der Waals surface area (Å²) in [5.41, 5.74) is 2.18. The van der Waals surface area contributed by atoms with Crippen molar-refractivity contribution in [2.45, 2.75) is 13.0 Å². The minimum absolute atomic E-state index is 0.0592. The number of imidazole rings is 1. The second-order valence-electron chi connectivity index (χ2n) is 4.33. The number of para-hydroxylation sites is 2. The van der Waals surface area contributed by atoms with Gasteiger partial charge in [-0.15, -0.1) is 0 Å². The van der Waals surface area contributed by atoms with Crippen molar-refractivity contribution in [3.8, 4) is 0 Å². The Morgan fingerprint density at radius 2 is 2.05 bits per heavy atom. The first-order valence-corrected chi connectivity index (χ1v) is 6.13. The molecule has 1 aromatic carbocycles. The van der Waals surface area contributed by atoms with Gasteiger partial charge < -0.3 is 10.3 Å². The summed E-state index contributed by atoms with van der Waals surface area (Å²) >= 11 is 0. The molecule has 102 valence electrons. The summed E-state index contributed by atoms with van der Waals surface area (Å²) in [7, 11) is 0. The summed E-state index contributed by atoms with van der Waals surface area (Å²) < 4.78 is 25.7. The van der Waals surface area contributed by atoms with E-state index in [1.165, 1.54) is 12.4 Å². The fourth-order valence-electron chi connectivity index (χ4n) is 2.01. The Labute approximate surface area is 113 Å². The van der Waals surface area contributed by atoms with E-state index in [-0.39, 0.29) is 12.1 Å². The number of pyridine rings is 1. The molecule has 0 spiro atoms. The van der Waals surface area contributed by atoms with Crippen molar-refractivity contribution in [1.29, 1.82) is 0 Å². The fraction of sp³-hybridized carbons (Fsp3) is 0.143. The van der Waals surface area contributed by atoms with Crippen LogP contribution in [0.3, 0.4) is 0 Å². The smallest absolute Gasteiger partial charge is 0.265 e. The van der Waals surface area contributed by atoms with Gasteiger partial charge in [0.2, 0.25) is 5.95 Å². The maximum absolute atomic E-state index is 12.8. The van der Waals surface area contributed by atoms with E-state index < -0.39 is 6.43 Å². The maximum atomic E-state index is 12.8. The molecule has 0 aliphatic heterocycles. The number of hydrogen-bond acceptors (Lipinski definition) is 3. The Morgan fingerprint density at radius 1 is 1.20 bits per heavy atom. The molecule has 0 amide bonds. The van der Waals surface area contributed by atoms with Crippen molar-refractivity contribution in [1.82, 2.24) is 15.0 Å². The number of aromatic amines is 1. The van der Waals surface area contributed by atoms with E-state index >= 15 is 0 Å². The van der Waals surface area contributed by atoms with E-state index in [2.05, 4.69) is 20.3 Å². The van der Waals surface area contributed by atoms with Crippen LogP contribution >= 0.6 is 0 Å². The summed E-state index contributed by atoms with van der Waals surface area (Å²) in [4.78, 5) is 11.1. The first-order chi connectivity index (χ1) is 9.74. The van der Waals surface area contributed by atoms with Gasteiger partial charge >= 0.3 is 0 Å². The third-order valence-electron chi connectivity index (χ3n) is 3.02. The quantitative estimate of drug-likeness (QED) is 0.765. The highest BCUT2D eigenvalue weighted by atomic mass is 19.3. The van der Waals surface area contributed by atoms with Gasteiger partial charge in [-0.3, -0.25) is 4.98 Å². The van der Waals surface area contributed by atoms with Gasteiger partial charge in [-0.05, 0) is 23.8 Å². The van der Waals surface area contributed by atoms with Crippen LogP contribution in [-0.2, 0) is 6.54 Å². The van der Waals surface area contributed by atoms with Crippen LogP contribution in [0.15, 0.2) is 42.7 Å². The topological polar surface area (TPSA) is 53.6 Å². The highest BCUT2D eigenvalue weighted by molar-refractivity contribution is 5.77. The van der Waals surface area contributed by atoms with Gasteiger partial charge in [-0.1, -0.05) is 12.1 Å². The van der Waals surface area contributed by atoms with Crippen LogP contribution in [0.4, 0.5) is 14.7 Å². The summed E-state index contributed by atoms with van der Waals surface area (Å²) in [6.45, 7) is 0.266. The van der Waals surface area contributed by atoms with Crippen LogP contribution < -0.4 is 5.32 Å². The lowest BCUT2D eigenvalue weighted by atomic mass is 10.1. The van der Waals surface area contributed by atoms with E-state index in [1.807, 2.05) is 24.3 Å². The highest BCUT2D eigenvalue weighted by Gasteiger charge is 2.12. The molecule has 0 aliphatic rings. The van der Waals surface area contributed by atoms with Crippen molar-refractivity contribution in [3.63, 3.8) is 0 Å². The second-order valence-corrected chi connectivity index (χ2v) is 4.33. The number of alkyl halides is 2. The van der Waals surface area contributed by atoms with Gasteiger partial charge in [0, 0.05) is 24.5 Å². The number of benzene rings is 1. The van der Waals surface area contributed by atoms with Crippen molar-refractivity contribution in [3.05, 3.63) is 53.9 Å². The molecule has 0 fully saturated rings. The molecule has 2 heterocycles. The predicted molar refractivity (Wildman–Crippen MR) is 72.6 cm³/mol.